The van der Waals surface area contributed by atoms with Crippen LogP contribution in [0.3, 0.4) is 0 Å². The summed E-state index contributed by atoms with van der Waals surface area (Å²) in [6, 6.07) is 6.80. The Kier molecular flexibility index (Phi) is 6.88. The Balaban J connectivity index is 2.64. The fraction of sp³-hybridized carbons (Fsp3) is 0.529. The van der Waals surface area contributed by atoms with Gasteiger partial charge in [0.15, 0.2) is 6.10 Å². The highest BCUT2D eigenvalue weighted by Gasteiger charge is 2.24. The molecule has 6 heteroatoms. The summed E-state index contributed by atoms with van der Waals surface area (Å²) in [7, 11) is 0. The molecular formula is C17H25ClN2O3. The summed E-state index contributed by atoms with van der Waals surface area (Å²) in [5.74, 6) is 0.142. The summed E-state index contributed by atoms with van der Waals surface area (Å²) in [6.07, 6.45) is -0.682. The van der Waals surface area contributed by atoms with E-state index in [1.807, 2.05) is 27.7 Å². The third-order valence-corrected chi connectivity index (χ3v) is 3.27. The molecule has 0 fully saturated rings. The first-order chi connectivity index (χ1) is 10.6. The molecule has 5 nitrogen and oxygen atoms in total. The zero-order valence-electron chi connectivity index (χ0n) is 14.4. The molecule has 1 atom stereocenters. The van der Waals surface area contributed by atoms with Crippen LogP contribution in [-0.4, -0.2) is 41.4 Å². The number of rotatable bonds is 6. The maximum Gasteiger partial charge on any atom is 0.263 e. The van der Waals surface area contributed by atoms with Crippen molar-refractivity contribution in [3.63, 3.8) is 0 Å². The summed E-state index contributed by atoms with van der Waals surface area (Å²) in [4.78, 5) is 25.9. The van der Waals surface area contributed by atoms with Crippen molar-refractivity contribution in [3.05, 3.63) is 29.3 Å². The molecule has 0 saturated carbocycles. The van der Waals surface area contributed by atoms with Crippen LogP contribution in [0, 0.1) is 0 Å². The Bertz CT molecular complexity index is 538. The van der Waals surface area contributed by atoms with Crippen LogP contribution >= 0.6 is 11.6 Å². The minimum absolute atomic E-state index is 0.0148. The average molecular weight is 341 g/mol. The van der Waals surface area contributed by atoms with Crippen LogP contribution in [0.4, 0.5) is 0 Å². The third kappa shape index (κ3) is 6.91. The monoisotopic (exact) mass is 340 g/mol. The lowest BCUT2D eigenvalue weighted by Gasteiger charge is -2.27. The van der Waals surface area contributed by atoms with Gasteiger partial charge in [-0.05, 0) is 58.9 Å². The van der Waals surface area contributed by atoms with Gasteiger partial charge in [0, 0.05) is 17.1 Å². The first kappa shape index (κ1) is 19.3. The molecule has 0 saturated heterocycles. The van der Waals surface area contributed by atoms with Gasteiger partial charge in [0.2, 0.25) is 5.91 Å². The van der Waals surface area contributed by atoms with Gasteiger partial charge in [-0.25, -0.2) is 0 Å². The molecule has 23 heavy (non-hydrogen) atoms. The normalized spacial score (nSPS) is 12.4. The molecule has 0 spiro atoms. The Morgan fingerprint density at radius 2 is 1.83 bits per heavy atom. The van der Waals surface area contributed by atoms with E-state index in [0.717, 1.165) is 0 Å². The van der Waals surface area contributed by atoms with Crippen LogP contribution in [0.25, 0.3) is 0 Å². The maximum atomic E-state index is 12.4. The molecule has 1 aromatic carbocycles. The molecule has 0 aliphatic heterocycles. The number of hydrogen-bond acceptors (Lipinski definition) is 3. The van der Waals surface area contributed by atoms with Crippen LogP contribution in [0.15, 0.2) is 24.3 Å². The van der Waals surface area contributed by atoms with E-state index in [2.05, 4.69) is 5.32 Å². The molecule has 0 aliphatic carbocycles. The highest BCUT2D eigenvalue weighted by molar-refractivity contribution is 6.30. The Labute approximate surface area is 142 Å². The SMILES string of the molecule is CCN(CC(=O)NC(C)(C)C)C(=O)C(C)Oc1ccc(Cl)cc1. The fourth-order valence-corrected chi connectivity index (χ4v) is 2.13. The van der Waals surface area contributed by atoms with Crippen molar-refractivity contribution < 1.29 is 14.3 Å². The van der Waals surface area contributed by atoms with Crippen LogP contribution in [0.1, 0.15) is 34.6 Å². The maximum absolute atomic E-state index is 12.4. The van der Waals surface area contributed by atoms with Gasteiger partial charge >= 0.3 is 0 Å². The Hall–Kier alpha value is -1.75. The molecule has 0 bridgehead atoms. The summed E-state index contributed by atoms with van der Waals surface area (Å²) >= 11 is 5.82. The van der Waals surface area contributed by atoms with E-state index in [4.69, 9.17) is 16.3 Å². The van der Waals surface area contributed by atoms with Crippen LogP contribution in [0.5, 0.6) is 5.75 Å². The minimum atomic E-state index is -0.682. The summed E-state index contributed by atoms with van der Waals surface area (Å²) in [5.41, 5.74) is -0.328. The van der Waals surface area contributed by atoms with E-state index in [-0.39, 0.29) is 23.9 Å². The standard InChI is InChI=1S/C17H25ClN2O3/c1-6-20(11-15(21)19-17(3,4)5)16(22)12(2)23-14-9-7-13(18)8-10-14/h7-10,12H,6,11H2,1-5H3,(H,19,21). The molecule has 1 rings (SSSR count). The van der Waals surface area contributed by atoms with Gasteiger partial charge < -0.3 is 15.0 Å². The van der Waals surface area contributed by atoms with Gasteiger partial charge in [-0.3, -0.25) is 9.59 Å². The Morgan fingerprint density at radius 1 is 1.26 bits per heavy atom. The Morgan fingerprint density at radius 3 is 2.30 bits per heavy atom. The van der Waals surface area contributed by atoms with Gasteiger partial charge in [0.05, 0.1) is 6.54 Å². The number of likely N-dealkylation sites (N-methyl/N-ethyl adjacent to an activating group) is 1. The molecule has 0 heterocycles. The summed E-state index contributed by atoms with van der Waals surface area (Å²) < 4.78 is 5.61. The number of nitrogens with zero attached hydrogens (tertiary/aromatic N) is 1. The van der Waals surface area contributed by atoms with Crippen molar-refractivity contribution in [2.45, 2.75) is 46.3 Å². The van der Waals surface area contributed by atoms with Crippen molar-refractivity contribution in [2.75, 3.05) is 13.1 Å². The van der Waals surface area contributed by atoms with Crippen molar-refractivity contribution >= 4 is 23.4 Å². The quantitative estimate of drug-likeness (QED) is 0.866. The highest BCUT2D eigenvalue weighted by atomic mass is 35.5. The number of benzene rings is 1. The van der Waals surface area contributed by atoms with Crippen molar-refractivity contribution in [1.29, 1.82) is 0 Å². The molecule has 1 aromatic rings. The molecule has 0 aliphatic rings. The molecular weight excluding hydrogens is 316 g/mol. The molecule has 2 amide bonds. The van der Waals surface area contributed by atoms with Crippen molar-refractivity contribution in [1.82, 2.24) is 10.2 Å². The molecule has 1 N–H and O–H groups in total. The second kappa shape index (κ2) is 8.20. The first-order valence-corrected chi connectivity index (χ1v) is 8.02. The highest BCUT2D eigenvalue weighted by Crippen LogP contribution is 2.17. The lowest BCUT2D eigenvalue weighted by atomic mass is 10.1. The number of nitrogens with one attached hydrogen (secondary N) is 1. The van der Waals surface area contributed by atoms with Gasteiger partial charge in [0.1, 0.15) is 5.75 Å². The van der Waals surface area contributed by atoms with Crippen LogP contribution in [0.2, 0.25) is 5.02 Å². The fourth-order valence-electron chi connectivity index (χ4n) is 2.00. The number of carbonyl (C=O) groups is 2. The van der Waals surface area contributed by atoms with Gasteiger partial charge in [-0.1, -0.05) is 11.6 Å². The molecule has 0 radical (unpaired) electrons. The number of hydrogen-bond donors (Lipinski definition) is 1. The molecule has 0 aromatic heterocycles. The lowest BCUT2D eigenvalue weighted by molar-refractivity contribution is -0.141. The van der Waals surface area contributed by atoms with E-state index in [9.17, 15) is 9.59 Å². The average Bonchev–Trinajstić information content (AvgIpc) is 2.44. The first-order valence-electron chi connectivity index (χ1n) is 7.64. The van der Waals surface area contributed by atoms with Gasteiger partial charge in [-0.2, -0.15) is 0 Å². The van der Waals surface area contributed by atoms with E-state index < -0.39 is 6.10 Å². The van der Waals surface area contributed by atoms with E-state index in [0.29, 0.717) is 17.3 Å². The second-order valence-corrected chi connectivity index (χ2v) is 6.80. The predicted octanol–water partition coefficient (Wildman–Crippen LogP) is 2.87. The number of carbonyl (C=O) groups excluding carboxylic acids is 2. The zero-order chi connectivity index (χ0) is 17.6. The van der Waals surface area contributed by atoms with E-state index in [1.165, 1.54) is 4.90 Å². The number of ether oxygens (including phenoxy) is 1. The van der Waals surface area contributed by atoms with E-state index in [1.54, 1.807) is 31.2 Å². The zero-order valence-corrected chi connectivity index (χ0v) is 15.1. The number of amides is 2. The minimum Gasteiger partial charge on any atom is -0.481 e. The smallest absolute Gasteiger partial charge is 0.263 e. The topological polar surface area (TPSA) is 58.6 Å². The number of halogens is 1. The van der Waals surface area contributed by atoms with Crippen molar-refractivity contribution in [3.8, 4) is 5.75 Å². The van der Waals surface area contributed by atoms with Crippen LogP contribution < -0.4 is 10.1 Å². The summed E-state index contributed by atoms with van der Waals surface area (Å²) in [6.45, 7) is 9.64. The van der Waals surface area contributed by atoms with Gasteiger partial charge in [0.25, 0.3) is 5.91 Å². The third-order valence-electron chi connectivity index (χ3n) is 3.02. The largest absolute Gasteiger partial charge is 0.481 e. The lowest BCUT2D eigenvalue weighted by Crippen LogP contribution is -2.49. The van der Waals surface area contributed by atoms with Gasteiger partial charge in [-0.15, -0.1) is 0 Å². The predicted molar refractivity (Wildman–Crippen MR) is 91.7 cm³/mol. The second-order valence-electron chi connectivity index (χ2n) is 6.36. The summed E-state index contributed by atoms with van der Waals surface area (Å²) in [5, 5.41) is 3.45. The molecule has 128 valence electrons. The van der Waals surface area contributed by atoms with Crippen LogP contribution in [-0.2, 0) is 9.59 Å². The van der Waals surface area contributed by atoms with E-state index >= 15 is 0 Å². The van der Waals surface area contributed by atoms with Crippen molar-refractivity contribution in [2.24, 2.45) is 0 Å². The molecule has 1 unspecified atom stereocenters.